The lowest BCUT2D eigenvalue weighted by atomic mass is 9.99. The Balaban J connectivity index is 2.22. The molecule has 0 radical (unpaired) electrons. The average Bonchev–Trinajstić information content (AvgIpc) is 2.42. The quantitative estimate of drug-likeness (QED) is 0.605. The van der Waals surface area contributed by atoms with Crippen molar-refractivity contribution in [2.45, 2.75) is 46.0 Å². The molecule has 0 spiro atoms. The highest BCUT2D eigenvalue weighted by molar-refractivity contribution is 5.29. The van der Waals surface area contributed by atoms with Crippen molar-refractivity contribution in [2.24, 2.45) is 0 Å². The molecule has 0 N–H and O–H groups in total. The third kappa shape index (κ3) is 5.54. The highest BCUT2D eigenvalue weighted by Gasteiger charge is 2.02. The monoisotopic (exact) mass is 250 g/mol. The first-order valence-electron chi connectivity index (χ1n) is 7.08. The Morgan fingerprint density at radius 2 is 1.72 bits per heavy atom. The van der Waals surface area contributed by atoms with Crippen molar-refractivity contribution in [1.29, 1.82) is 0 Å². The second-order valence-corrected chi connectivity index (χ2v) is 4.69. The molecule has 0 aliphatic carbocycles. The van der Waals surface area contributed by atoms with Gasteiger partial charge in [0.05, 0.1) is 6.61 Å². The van der Waals surface area contributed by atoms with Gasteiger partial charge in [-0.05, 0) is 36.5 Å². The van der Waals surface area contributed by atoms with Gasteiger partial charge in [0.15, 0.2) is 0 Å². The summed E-state index contributed by atoms with van der Waals surface area (Å²) in [5.41, 5.74) is 1.38. The van der Waals surface area contributed by atoms with Gasteiger partial charge in [-0.3, -0.25) is 0 Å². The Morgan fingerprint density at radius 1 is 1.00 bits per heavy atom. The largest absolute Gasteiger partial charge is 0.491 e. The molecule has 0 amide bonds. The number of ether oxygens (including phenoxy) is 2. The summed E-state index contributed by atoms with van der Waals surface area (Å²) in [6.07, 6.45) is 3.48. The van der Waals surface area contributed by atoms with Gasteiger partial charge in [-0.25, -0.2) is 0 Å². The summed E-state index contributed by atoms with van der Waals surface area (Å²) >= 11 is 0. The van der Waals surface area contributed by atoms with Crippen LogP contribution in [-0.4, -0.2) is 19.8 Å². The van der Waals surface area contributed by atoms with Crippen LogP contribution < -0.4 is 4.74 Å². The zero-order valence-corrected chi connectivity index (χ0v) is 11.9. The minimum atomic E-state index is 0.622. The van der Waals surface area contributed by atoms with Crippen molar-refractivity contribution in [3.05, 3.63) is 29.8 Å². The first-order valence-corrected chi connectivity index (χ1v) is 7.08. The summed E-state index contributed by atoms with van der Waals surface area (Å²) in [4.78, 5) is 0. The fourth-order valence-corrected chi connectivity index (χ4v) is 1.70. The van der Waals surface area contributed by atoms with Gasteiger partial charge in [-0.2, -0.15) is 0 Å². The number of hydrogen-bond acceptors (Lipinski definition) is 2. The van der Waals surface area contributed by atoms with Crippen molar-refractivity contribution in [2.75, 3.05) is 19.8 Å². The molecule has 0 bridgehead atoms. The third-order valence-electron chi connectivity index (χ3n) is 3.20. The van der Waals surface area contributed by atoms with E-state index >= 15 is 0 Å². The van der Waals surface area contributed by atoms with Gasteiger partial charge in [-0.1, -0.05) is 39.3 Å². The minimum absolute atomic E-state index is 0.622. The molecule has 0 saturated carbocycles. The molecule has 0 saturated heterocycles. The zero-order chi connectivity index (χ0) is 13.2. The molecule has 0 fully saturated rings. The Hall–Kier alpha value is -1.02. The first-order chi connectivity index (χ1) is 8.77. The van der Waals surface area contributed by atoms with E-state index in [1.807, 2.05) is 12.1 Å². The van der Waals surface area contributed by atoms with Crippen LogP contribution in [0.15, 0.2) is 24.3 Å². The van der Waals surface area contributed by atoms with Gasteiger partial charge in [0.1, 0.15) is 12.4 Å². The molecule has 1 rings (SSSR count). The van der Waals surface area contributed by atoms with E-state index in [0.29, 0.717) is 19.1 Å². The molecule has 1 unspecified atom stereocenters. The average molecular weight is 250 g/mol. The molecule has 2 heteroatoms. The van der Waals surface area contributed by atoms with Crippen LogP contribution in [0.3, 0.4) is 0 Å². The fourth-order valence-electron chi connectivity index (χ4n) is 1.70. The molecule has 102 valence electrons. The van der Waals surface area contributed by atoms with E-state index < -0.39 is 0 Å². The number of hydrogen-bond donors (Lipinski definition) is 0. The van der Waals surface area contributed by atoms with E-state index in [0.717, 1.165) is 18.8 Å². The van der Waals surface area contributed by atoms with E-state index in [4.69, 9.17) is 9.47 Å². The number of benzene rings is 1. The summed E-state index contributed by atoms with van der Waals surface area (Å²) in [7, 11) is 0. The summed E-state index contributed by atoms with van der Waals surface area (Å²) in [5.74, 6) is 1.55. The predicted molar refractivity (Wildman–Crippen MR) is 76.4 cm³/mol. The lowest BCUT2D eigenvalue weighted by Gasteiger charge is -2.11. The van der Waals surface area contributed by atoms with Crippen LogP contribution in [0.2, 0.25) is 0 Å². The highest BCUT2D eigenvalue weighted by atomic mass is 16.5. The van der Waals surface area contributed by atoms with Crippen LogP contribution in [0.4, 0.5) is 0 Å². The standard InChI is InChI=1S/C16H26O2/c1-4-6-11-17-12-13-18-16-9-7-15(8-10-16)14(3)5-2/h7-10,14H,4-6,11-13H2,1-3H3. The molecule has 18 heavy (non-hydrogen) atoms. The van der Waals surface area contributed by atoms with Gasteiger partial charge >= 0.3 is 0 Å². The molecule has 1 atom stereocenters. The Morgan fingerprint density at radius 3 is 2.33 bits per heavy atom. The van der Waals surface area contributed by atoms with Crippen LogP contribution in [0.25, 0.3) is 0 Å². The van der Waals surface area contributed by atoms with Crippen molar-refractivity contribution in [1.82, 2.24) is 0 Å². The van der Waals surface area contributed by atoms with E-state index in [1.165, 1.54) is 18.4 Å². The fraction of sp³-hybridized carbons (Fsp3) is 0.625. The summed E-state index contributed by atoms with van der Waals surface area (Å²) < 4.78 is 11.1. The van der Waals surface area contributed by atoms with Crippen molar-refractivity contribution >= 4 is 0 Å². The van der Waals surface area contributed by atoms with Crippen molar-refractivity contribution < 1.29 is 9.47 Å². The highest BCUT2D eigenvalue weighted by Crippen LogP contribution is 2.21. The normalized spacial score (nSPS) is 12.4. The second-order valence-electron chi connectivity index (χ2n) is 4.69. The maximum absolute atomic E-state index is 5.63. The summed E-state index contributed by atoms with van der Waals surface area (Å²) in [6.45, 7) is 8.77. The molecule has 2 nitrogen and oxygen atoms in total. The molecule has 1 aromatic rings. The lowest BCUT2D eigenvalue weighted by Crippen LogP contribution is -2.07. The van der Waals surface area contributed by atoms with Crippen molar-refractivity contribution in [3.63, 3.8) is 0 Å². The Kier molecular flexibility index (Phi) is 7.51. The summed E-state index contributed by atoms with van der Waals surface area (Å²) in [6, 6.07) is 8.41. The molecule has 0 aliphatic heterocycles. The van der Waals surface area contributed by atoms with E-state index in [-0.39, 0.29) is 0 Å². The SMILES string of the molecule is CCCCOCCOc1ccc(C(C)CC)cc1. The molecule has 0 aromatic heterocycles. The third-order valence-corrected chi connectivity index (χ3v) is 3.20. The molecular formula is C16H26O2. The molecule has 0 heterocycles. The molecule has 0 aliphatic rings. The molecule has 1 aromatic carbocycles. The second kappa shape index (κ2) is 8.98. The van der Waals surface area contributed by atoms with Gasteiger partial charge in [-0.15, -0.1) is 0 Å². The van der Waals surface area contributed by atoms with E-state index in [9.17, 15) is 0 Å². The lowest BCUT2D eigenvalue weighted by molar-refractivity contribution is 0.0980. The van der Waals surface area contributed by atoms with Crippen LogP contribution in [-0.2, 0) is 4.74 Å². The van der Waals surface area contributed by atoms with Crippen LogP contribution in [0.5, 0.6) is 5.75 Å². The zero-order valence-electron chi connectivity index (χ0n) is 11.9. The Labute approximate surface area is 111 Å². The number of unbranched alkanes of at least 4 members (excludes halogenated alkanes) is 1. The van der Waals surface area contributed by atoms with E-state index in [2.05, 4.69) is 32.9 Å². The summed E-state index contributed by atoms with van der Waals surface area (Å²) in [5, 5.41) is 0. The van der Waals surface area contributed by atoms with E-state index in [1.54, 1.807) is 0 Å². The first kappa shape index (κ1) is 15.0. The van der Waals surface area contributed by atoms with Crippen molar-refractivity contribution in [3.8, 4) is 5.75 Å². The predicted octanol–water partition coefficient (Wildman–Crippen LogP) is 4.40. The van der Waals surface area contributed by atoms with Crippen LogP contribution in [0, 0.1) is 0 Å². The van der Waals surface area contributed by atoms with Crippen LogP contribution in [0.1, 0.15) is 51.5 Å². The number of rotatable bonds is 9. The van der Waals surface area contributed by atoms with Gasteiger partial charge in [0.2, 0.25) is 0 Å². The maximum atomic E-state index is 5.63. The minimum Gasteiger partial charge on any atom is -0.491 e. The smallest absolute Gasteiger partial charge is 0.119 e. The maximum Gasteiger partial charge on any atom is 0.119 e. The topological polar surface area (TPSA) is 18.5 Å². The molecular weight excluding hydrogens is 224 g/mol. The Bertz CT molecular complexity index is 305. The van der Waals surface area contributed by atoms with Gasteiger partial charge in [0.25, 0.3) is 0 Å². The van der Waals surface area contributed by atoms with Gasteiger partial charge in [0, 0.05) is 6.61 Å². The van der Waals surface area contributed by atoms with Crippen LogP contribution >= 0.6 is 0 Å². The van der Waals surface area contributed by atoms with Gasteiger partial charge < -0.3 is 9.47 Å².